The average Bonchev–Trinajstić information content (AvgIpc) is 3.03. The van der Waals surface area contributed by atoms with Gasteiger partial charge < -0.3 is 19.8 Å². The Morgan fingerprint density at radius 2 is 2.00 bits per heavy atom. The zero-order valence-corrected chi connectivity index (χ0v) is 15.4. The molecule has 0 aromatic carbocycles. The number of piperazine rings is 1. The van der Waals surface area contributed by atoms with Gasteiger partial charge in [0.2, 0.25) is 0 Å². The van der Waals surface area contributed by atoms with E-state index in [1.165, 1.54) is 19.4 Å². The van der Waals surface area contributed by atoms with E-state index in [0.717, 1.165) is 19.5 Å². The number of fused-ring (bicyclic) bond motifs is 1. The Labute approximate surface area is 150 Å². The summed E-state index contributed by atoms with van der Waals surface area (Å²) in [5.41, 5.74) is -0.753. The van der Waals surface area contributed by atoms with E-state index in [1.807, 2.05) is 6.92 Å². The van der Waals surface area contributed by atoms with Crippen LogP contribution in [0.3, 0.4) is 0 Å². The molecule has 0 aromatic heterocycles. The molecule has 1 amide bonds. The molecule has 3 aliphatic rings. The molecular weight excluding hydrogens is 322 g/mol. The molecule has 3 rings (SSSR count). The van der Waals surface area contributed by atoms with Crippen molar-refractivity contribution in [3.8, 4) is 0 Å². The summed E-state index contributed by atoms with van der Waals surface area (Å²) in [6.07, 6.45) is 4.14. The summed E-state index contributed by atoms with van der Waals surface area (Å²) in [6.45, 7) is 7.25. The summed E-state index contributed by atoms with van der Waals surface area (Å²) in [4.78, 5) is 18.5. The summed E-state index contributed by atoms with van der Waals surface area (Å²) in [5, 5.41) is 20.5. The Balaban J connectivity index is 1.57. The minimum atomic E-state index is -0.753. The highest BCUT2D eigenvalue weighted by atomic mass is 16.6. The van der Waals surface area contributed by atoms with E-state index in [1.54, 1.807) is 4.90 Å². The maximum absolute atomic E-state index is 11.8. The van der Waals surface area contributed by atoms with Crippen LogP contribution >= 0.6 is 0 Å². The quantitative estimate of drug-likeness (QED) is 0.748. The lowest BCUT2D eigenvalue weighted by Gasteiger charge is -2.48. The molecule has 0 spiro atoms. The van der Waals surface area contributed by atoms with Crippen LogP contribution in [0.5, 0.6) is 0 Å². The van der Waals surface area contributed by atoms with Crippen molar-refractivity contribution in [1.82, 2.24) is 14.7 Å². The van der Waals surface area contributed by atoms with Crippen molar-refractivity contribution < 1.29 is 19.7 Å². The second kappa shape index (κ2) is 8.20. The minimum Gasteiger partial charge on any atom is -0.450 e. The molecule has 0 saturated carbocycles. The Hall–Kier alpha value is -0.890. The standard InChI is InChI=1S/C18H33N3O4/c1-2-25-17(23)19-9-6-18(24,7-10-19)14-21-13-15-4-3-8-20(15)12-16(21)5-11-22/h15-16,22,24H,2-14H2,1H3. The molecule has 25 heavy (non-hydrogen) atoms. The molecule has 2 N–H and O–H groups in total. The first kappa shape index (κ1) is 18.9. The molecule has 3 aliphatic heterocycles. The Morgan fingerprint density at radius 1 is 1.24 bits per heavy atom. The molecule has 0 bridgehead atoms. The van der Waals surface area contributed by atoms with Gasteiger partial charge in [0.05, 0.1) is 12.2 Å². The van der Waals surface area contributed by atoms with Crippen LogP contribution in [0.15, 0.2) is 0 Å². The highest BCUT2D eigenvalue weighted by Crippen LogP contribution is 2.30. The van der Waals surface area contributed by atoms with E-state index in [9.17, 15) is 15.0 Å². The number of carbonyl (C=O) groups excluding carboxylic acids is 1. The first-order valence-corrected chi connectivity index (χ1v) is 9.77. The molecule has 3 fully saturated rings. The molecule has 0 aromatic rings. The Kier molecular flexibility index (Phi) is 6.20. The SMILES string of the molecule is CCOC(=O)N1CCC(O)(CN2CC3CCCN3CC2CCO)CC1. The Morgan fingerprint density at radius 3 is 2.68 bits per heavy atom. The average molecular weight is 355 g/mol. The lowest BCUT2D eigenvalue weighted by molar-refractivity contribution is -0.0700. The van der Waals surface area contributed by atoms with Crippen LogP contribution in [0.25, 0.3) is 0 Å². The number of piperidine rings is 1. The van der Waals surface area contributed by atoms with Gasteiger partial charge in [0.25, 0.3) is 0 Å². The number of nitrogens with zero attached hydrogens (tertiary/aromatic N) is 3. The van der Waals surface area contributed by atoms with Crippen LogP contribution in [-0.4, -0.2) is 101 Å². The van der Waals surface area contributed by atoms with E-state index in [0.29, 0.717) is 51.2 Å². The van der Waals surface area contributed by atoms with Crippen LogP contribution in [0.1, 0.15) is 39.0 Å². The van der Waals surface area contributed by atoms with Crippen LogP contribution in [0, 0.1) is 0 Å². The van der Waals surface area contributed by atoms with Gasteiger partial charge in [0, 0.05) is 51.4 Å². The molecule has 7 nitrogen and oxygen atoms in total. The number of amides is 1. The minimum absolute atomic E-state index is 0.189. The largest absolute Gasteiger partial charge is 0.450 e. The number of aliphatic hydroxyl groups excluding tert-OH is 1. The first-order chi connectivity index (χ1) is 12.0. The van der Waals surface area contributed by atoms with E-state index in [4.69, 9.17) is 4.74 Å². The topological polar surface area (TPSA) is 76.5 Å². The van der Waals surface area contributed by atoms with Gasteiger partial charge in [-0.3, -0.25) is 9.80 Å². The van der Waals surface area contributed by atoms with Gasteiger partial charge in [0.15, 0.2) is 0 Å². The predicted molar refractivity (Wildman–Crippen MR) is 94.4 cm³/mol. The zero-order valence-electron chi connectivity index (χ0n) is 15.4. The van der Waals surface area contributed by atoms with Gasteiger partial charge in [-0.1, -0.05) is 0 Å². The fraction of sp³-hybridized carbons (Fsp3) is 0.944. The number of β-amino-alcohol motifs (C(OH)–C–C–N with tert-alkyl or cyclic N) is 1. The van der Waals surface area contributed by atoms with Crippen molar-refractivity contribution in [2.75, 3.05) is 52.5 Å². The van der Waals surface area contributed by atoms with Crippen LogP contribution in [0.2, 0.25) is 0 Å². The molecule has 144 valence electrons. The van der Waals surface area contributed by atoms with Crippen molar-refractivity contribution in [1.29, 1.82) is 0 Å². The number of hydrogen-bond donors (Lipinski definition) is 2. The van der Waals surface area contributed by atoms with Gasteiger partial charge in [-0.05, 0) is 45.6 Å². The van der Waals surface area contributed by atoms with Crippen molar-refractivity contribution >= 4 is 6.09 Å². The maximum Gasteiger partial charge on any atom is 0.409 e. The van der Waals surface area contributed by atoms with Gasteiger partial charge >= 0.3 is 6.09 Å². The molecule has 7 heteroatoms. The van der Waals surface area contributed by atoms with Crippen LogP contribution in [0.4, 0.5) is 4.79 Å². The number of carbonyl (C=O) groups is 1. The number of ether oxygens (including phenoxy) is 1. The smallest absolute Gasteiger partial charge is 0.409 e. The van der Waals surface area contributed by atoms with E-state index in [-0.39, 0.29) is 12.7 Å². The summed E-state index contributed by atoms with van der Waals surface area (Å²) in [7, 11) is 0. The molecule has 0 aliphatic carbocycles. The monoisotopic (exact) mass is 355 g/mol. The van der Waals surface area contributed by atoms with Crippen molar-refractivity contribution in [2.45, 2.75) is 56.7 Å². The van der Waals surface area contributed by atoms with Crippen LogP contribution in [-0.2, 0) is 4.74 Å². The molecule has 0 radical (unpaired) electrons. The number of likely N-dealkylation sites (tertiary alicyclic amines) is 1. The second-order valence-electron chi connectivity index (χ2n) is 7.80. The number of aliphatic hydroxyl groups is 2. The van der Waals surface area contributed by atoms with Crippen LogP contribution < -0.4 is 0 Å². The number of rotatable bonds is 5. The predicted octanol–water partition coefficient (Wildman–Crippen LogP) is 0.501. The van der Waals surface area contributed by atoms with Crippen molar-refractivity contribution in [2.24, 2.45) is 0 Å². The molecule has 3 heterocycles. The van der Waals surface area contributed by atoms with E-state index < -0.39 is 5.60 Å². The summed E-state index contributed by atoms with van der Waals surface area (Å²) < 4.78 is 5.06. The third kappa shape index (κ3) is 4.45. The molecule has 2 atom stereocenters. The zero-order chi connectivity index (χ0) is 17.9. The summed E-state index contributed by atoms with van der Waals surface area (Å²) in [6, 6.07) is 0.907. The molecular formula is C18H33N3O4. The lowest BCUT2D eigenvalue weighted by Crippen LogP contribution is -2.61. The highest BCUT2D eigenvalue weighted by Gasteiger charge is 2.41. The third-order valence-corrected chi connectivity index (χ3v) is 6.09. The van der Waals surface area contributed by atoms with Crippen molar-refractivity contribution in [3.05, 3.63) is 0 Å². The third-order valence-electron chi connectivity index (χ3n) is 6.09. The van der Waals surface area contributed by atoms with Gasteiger partial charge in [-0.25, -0.2) is 4.79 Å². The molecule has 2 unspecified atom stereocenters. The fourth-order valence-corrected chi connectivity index (χ4v) is 4.62. The molecule has 3 saturated heterocycles. The lowest BCUT2D eigenvalue weighted by atomic mass is 9.89. The maximum atomic E-state index is 11.8. The number of hydrogen-bond acceptors (Lipinski definition) is 6. The highest BCUT2D eigenvalue weighted by molar-refractivity contribution is 5.67. The summed E-state index contributed by atoms with van der Waals surface area (Å²) >= 11 is 0. The van der Waals surface area contributed by atoms with Gasteiger partial charge in [-0.2, -0.15) is 0 Å². The fourth-order valence-electron chi connectivity index (χ4n) is 4.62. The van der Waals surface area contributed by atoms with E-state index >= 15 is 0 Å². The van der Waals surface area contributed by atoms with Crippen molar-refractivity contribution in [3.63, 3.8) is 0 Å². The van der Waals surface area contributed by atoms with E-state index in [2.05, 4.69) is 9.80 Å². The second-order valence-corrected chi connectivity index (χ2v) is 7.80. The first-order valence-electron chi connectivity index (χ1n) is 9.77. The summed E-state index contributed by atoms with van der Waals surface area (Å²) in [5.74, 6) is 0. The normalized spacial score (nSPS) is 30.3. The Bertz CT molecular complexity index is 454. The van der Waals surface area contributed by atoms with Gasteiger partial charge in [-0.15, -0.1) is 0 Å². The van der Waals surface area contributed by atoms with Gasteiger partial charge in [0.1, 0.15) is 0 Å².